The molecule has 0 bridgehead atoms. The summed E-state index contributed by atoms with van der Waals surface area (Å²) in [5.74, 6) is 3.38. The Morgan fingerprint density at radius 1 is 1.17 bits per heavy atom. The second kappa shape index (κ2) is 5.18. The van der Waals surface area contributed by atoms with Crippen molar-refractivity contribution in [3.8, 4) is 11.5 Å². The highest BCUT2D eigenvalue weighted by Crippen LogP contribution is 2.46. The fraction of sp³-hybridized carbons (Fsp3) is 0.722. The van der Waals surface area contributed by atoms with Gasteiger partial charge in [-0.3, -0.25) is 5.10 Å². The van der Waals surface area contributed by atoms with E-state index < -0.39 is 0 Å². The first kappa shape index (κ1) is 14.9. The molecule has 5 nitrogen and oxygen atoms in total. The molecule has 0 aromatic carbocycles. The second-order valence-corrected chi connectivity index (χ2v) is 8.18. The lowest BCUT2D eigenvalue weighted by Gasteiger charge is -2.31. The van der Waals surface area contributed by atoms with Crippen molar-refractivity contribution in [2.45, 2.75) is 77.7 Å². The van der Waals surface area contributed by atoms with Crippen LogP contribution in [0.2, 0.25) is 0 Å². The SMILES string of the molecule is CCc1[nH]nc2c1C(C1CCCC1)Cn1c-2nnc1C(C)(C)C. The first-order chi connectivity index (χ1) is 11.0. The summed E-state index contributed by atoms with van der Waals surface area (Å²) in [6.07, 6.45) is 6.45. The van der Waals surface area contributed by atoms with Gasteiger partial charge in [0.25, 0.3) is 0 Å². The van der Waals surface area contributed by atoms with Crippen molar-refractivity contribution in [1.82, 2.24) is 25.0 Å². The molecular weight excluding hydrogens is 286 g/mol. The third-order valence-electron chi connectivity index (χ3n) is 5.59. The van der Waals surface area contributed by atoms with Crippen molar-refractivity contribution in [2.24, 2.45) is 5.92 Å². The maximum Gasteiger partial charge on any atom is 0.184 e. The van der Waals surface area contributed by atoms with Gasteiger partial charge in [0, 0.05) is 29.1 Å². The molecule has 1 aliphatic heterocycles. The summed E-state index contributed by atoms with van der Waals surface area (Å²) in [7, 11) is 0. The van der Waals surface area contributed by atoms with Crippen LogP contribution in [0.3, 0.4) is 0 Å². The molecule has 23 heavy (non-hydrogen) atoms. The number of nitrogens with one attached hydrogen (secondary N) is 1. The Bertz CT molecular complexity index is 712. The van der Waals surface area contributed by atoms with Crippen LogP contribution < -0.4 is 0 Å². The summed E-state index contributed by atoms with van der Waals surface area (Å²) < 4.78 is 2.34. The largest absolute Gasteiger partial charge is 0.309 e. The maximum absolute atomic E-state index is 4.64. The van der Waals surface area contributed by atoms with Crippen molar-refractivity contribution in [1.29, 1.82) is 0 Å². The number of nitrogens with zero attached hydrogens (tertiary/aromatic N) is 4. The summed E-state index contributed by atoms with van der Waals surface area (Å²) >= 11 is 0. The first-order valence-corrected chi connectivity index (χ1v) is 9.02. The van der Waals surface area contributed by atoms with Crippen LogP contribution in [0.25, 0.3) is 11.5 Å². The molecule has 0 spiro atoms. The van der Waals surface area contributed by atoms with Gasteiger partial charge in [0.2, 0.25) is 0 Å². The van der Waals surface area contributed by atoms with Gasteiger partial charge in [0.1, 0.15) is 11.5 Å². The number of rotatable bonds is 2. The molecule has 1 aliphatic carbocycles. The number of aryl methyl sites for hydroxylation is 1. The molecular formula is C18H27N5. The molecule has 1 fully saturated rings. The minimum absolute atomic E-state index is 0.00682. The third-order valence-corrected chi connectivity index (χ3v) is 5.59. The van der Waals surface area contributed by atoms with E-state index in [0.717, 1.165) is 36.2 Å². The van der Waals surface area contributed by atoms with Crippen molar-refractivity contribution >= 4 is 0 Å². The second-order valence-electron chi connectivity index (χ2n) is 8.18. The molecule has 2 aromatic heterocycles. The van der Waals surface area contributed by atoms with Crippen LogP contribution >= 0.6 is 0 Å². The Morgan fingerprint density at radius 3 is 2.57 bits per heavy atom. The molecule has 2 aliphatic rings. The predicted molar refractivity (Wildman–Crippen MR) is 90.4 cm³/mol. The minimum atomic E-state index is 0.00682. The van der Waals surface area contributed by atoms with Crippen LogP contribution in [0.4, 0.5) is 0 Å². The van der Waals surface area contributed by atoms with Gasteiger partial charge >= 0.3 is 0 Å². The van der Waals surface area contributed by atoms with E-state index in [1.54, 1.807) is 0 Å². The van der Waals surface area contributed by atoms with E-state index in [2.05, 4.69) is 52.7 Å². The summed E-state index contributed by atoms with van der Waals surface area (Å²) in [6.45, 7) is 9.86. The van der Waals surface area contributed by atoms with Crippen molar-refractivity contribution in [3.05, 3.63) is 17.1 Å². The first-order valence-electron chi connectivity index (χ1n) is 9.02. The standard InChI is InChI=1S/C18H27N5/c1-5-13-14-12(11-8-6-7-9-11)10-23-16(15(14)20-19-13)21-22-17(23)18(2,3)4/h11-12H,5-10H2,1-4H3,(H,19,20). The number of aromatic amines is 1. The van der Waals surface area contributed by atoms with Gasteiger partial charge in [0.15, 0.2) is 5.82 Å². The van der Waals surface area contributed by atoms with E-state index in [1.165, 1.54) is 36.9 Å². The monoisotopic (exact) mass is 313 g/mol. The van der Waals surface area contributed by atoms with Gasteiger partial charge in [-0.05, 0) is 25.2 Å². The van der Waals surface area contributed by atoms with Crippen LogP contribution in [0.5, 0.6) is 0 Å². The number of hydrogen-bond donors (Lipinski definition) is 1. The van der Waals surface area contributed by atoms with Crippen LogP contribution in [-0.4, -0.2) is 25.0 Å². The third kappa shape index (κ3) is 2.24. The quantitative estimate of drug-likeness (QED) is 0.917. The molecule has 3 heterocycles. The normalized spacial score (nSPS) is 21.5. The highest BCUT2D eigenvalue weighted by Gasteiger charge is 2.39. The van der Waals surface area contributed by atoms with Gasteiger partial charge in [-0.2, -0.15) is 5.10 Å². The van der Waals surface area contributed by atoms with E-state index in [0.29, 0.717) is 5.92 Å². The van der Waals surface area contributed by atoms with Gasteiger partial charge in [-0.15, -0.1) is 10.2 Å². The van der Waals surface area contributed by atoms with E-state index in [1.807, 2.05) is 0 Å². The van der Waals surface area contributed by atoms with Crippen LogP contribution in [-0.2, 0) is 18.4 Å². The lowest BCUT2D eigenvalue weighted by Crippen LogP contribution is -2.27. The van der Waals surface area contributed by atoms with E-state index in [-0.39, 0.29) is 5.41 Å². The van der Waals surface area contributed by atoms with Crippen molar-refractivity contribution < 1.29 is 0 Å². The Morgan fingerprint density at radius 2 is 1.91 bits per heavy atom. The van der Waals surface area contributed by atoms with Gasteiger partial charge < -0.3 is 4.57 Å². The molecule has 124 valence electrons. The molecule has 1 unspecified atom stereocenters. The summed E-state index contributed by atoms with van der Waals surface area (Å²) in [6, 6.07) is 0. The highest BCUT2D eigenvalue weighted by atomic mass is 15.3. The molecule has 5 heteroatoms. The lowest BCUT2D eigenvalue weighted by molar-refractivity contribution is 0.365. The number of fused-ring (bicyclic) bond motifs is 3. The average molecular weight is 313 g/mol. The van der Waals surface area contributed by atoms with E-state index in [4.69, 9.17) is 0 Å². The van der Waals surface area contributed by atoms with Gasteiger partial charge in [-0.1, -0.05) is 40.5 Å². The summed E-state index contributed by atoms with van der Waals surface area (Å²) in [4.78, 5) is 0. The van der Waals surface area contributed by atoms with Crippen LogP contribution in [0, 0.1) is 5.92 Å². The molecule has 2 aromatic rings. The molecule has 1 atom stereocenters. The lowest BCUT2D eigenvalue weighted by atomic mass is 9.81. The topological polar surface area (TPSA) is 59.4 Å². The number of hydrogen-bond acceptors (Lipinski definition) is 3. The van der Waals surface area contributed by atoms with Crippen molar-refractivity contribution in [3.63, 3.8) is 0 Å². The zero-order valence-electron chi connectivity index (χ0n) is 14.7. The van der Waals surface area contributed by atoms with Gasteiger partial charge in [0.05, 0.1) is 0 Å². The van der Waals surface area contributed by atoms with Crippen molar-refractivity contribution in [2.75, 3.05) is 0 Å². The Kier molecular flexibility index (Phi) is 3.36. The fourth-order valence-corrected chi connectivity index (χ4v) is 4.46. The van der Waals surface area contributed by atoms with E-state index >= 15 is 0 Å². The maximum atomic E-state index is 4.64. The average Bonchev–Trinajstić information content (AvgIpc) is 3.23. The predicted octanol–water partition coefficient (Wildman–Crippen LogP) is 3.82. The van der Waals surface area contributed by atoms with E-state index in [9.17, 15) is 0 Å². The smallest absolute Gasteiger partial charge is 0.184 e. The molecule has 1 saturated carbocycles. The number of H-pyrrole nitrogens is 1. The molecule has 1 N–H and O–H groups in total. The molecule has 0 amide bonds. The molecule has 4 rings (SSSR count). The summed E-state index contributed by atoms with van der Waals surface area (Å²) in [5.41, 5.74) is 3.78. The minimum Gasteiger partial charge on any atom is -0.309 e. The Labute approximate surface area is 137 Å². The van der Waals surface area contributed by atoms with Gasteiger partial charge in [-0.25, -0.2) is 0 Å². The Balaban J connectivity index is 1.87. The molecule has 0 radical (unpaired) electrons. The highest BCUT2D eigenvalue weighted by molar-refractivity contribution is 5.60. The zero-order chi connectivity index (χ0) is 16.2. The fourth-order valence-electron chi connectivity index (χ4n) is 4.46. The molecule has 0 saturated heterocycles. The number of aromatic nitrogens is 5. The van der Waals surface area contributed by atoms with Crippen LogP contribution in [0.1, 0.15) is 76.4 Å². The Hall–Kier alpha value is -1.65. The summed E-state index contributed by atoms with van der Waals surface area (Å²) in [5, 5.41) is 16.9. The zero-order valence-corrected chi connectivity index (χ0v) is 14.7. The van der Waals surface area contributed by atoms with Crippen LogP contribution in [0.15, 0.2) is 0 Å².